The number of nitrogens with zero attached hydrogens (tertiary/aromatic N) is 6. The van der Waals surface area contributed by atoms with E-state index in [1.54, 1.807) is 84.9 Å². The first kappa shape index (κ1) is 61.4. The van der Waals surface area contributed by atoms with Gasteiger partial charge in [-0.1, -0.05) is 50.3 Å². The lowest BCUT2D eigenvalue weighted by Crippen LogP contribution is -2.61. The lowest BCUT2D eigenvalue weighted by Gasteiger charge is -2.49. The number of alkyl halides is 1. The van der Waals surface area contributed by atoms with Crippen LogP contribution in [-0.4, -0.2) is 200 Å². The molecule has 428 valence electrons. The molecule has 76 heavy (non-hydrogen) atoms. The number of cyclic esters (lactones) is 1. The van der Waals surface area contributed by atoms with Crippen molar-refractivity contribution in [1.82, 2.24) is 29.8 Å². The van der Waals surface area contributed by atoms with Gasteiger partial charge in [0.2, 0.25) is 0 Å². The van der Waals surface area contributed by atoms with E-state index in [1.807, 2.05) is 62.0 Å². The summed E-state index contributed by atoms with van der Waals surface area (Å²) in [5.74, 6) is -2.15. The van der Waals surface area contributed by atoms with Crippen LogP contribution in [0.3, 0.4) is 0 Å². The lowest BCUT2D eigenvalue weighted by molar-refractivity contribution is -0.318. The van der Waals surface area contributed by atoms with Crippen molar-refractivity contribution in [2.24, 2.45) is 17.8 Å². The number of esters is 1. The second kappa shape index (κ2) is 26.0. The van der Waals surface area contributed by atoms with Crippen molar-refractivity contribution >= 4 is 5.97 Å². The number of carbonyl (C=O) groups excluding carboxylic acids is 1. The molecule has 0 spiro atoms. The first-order valence-corrected chi connectivity index (χ1v) is 27.1. The molecule has 20 heteroatoms. The molecule has 3 aromatic rings. The Hall–Kier alpha value is -3.77. The fourth-order valence-electron chi connectivity index (χ4n) is 11.8. The smallest absolute Gasteiger partial charge is 0.311 e. The number of hydrogen-bond donors (Lipinski definition) is 5. The molecular weight excluding hydrogens is 984 g/mol. The number of aliphatic hydroxyl groups excluding tert-OH is 3. The first-order chi connectivity index (χ1) is 35.8. The number of benzene rings is 1. The van der Waals surface area contributed by atoms with Gasteiger partial charge in [-0.05, 0) is 111 Å². The van der Waals surface area contributed by atoms with E-state index in [0.29, 0.717) is 43.8 Å². The minimum atomic E-state index is -1.85. The Bertz CT molecular complexity index is 2290. The highest BCUT2D eigenvalue weighted by atomic mass is 19.1. The molecule has 19 atom stereocenters. The van der Waals surface area contributed by atoms with Crippen LogP contribution in [0.1, 0.15) is 112 Å². The fourth-order valence-corrected chi connectivity index (χ4v) is 11.8. The third-order valence-electron chi connectivity index (χ3n) is 16.7. The average molecular weight is 1070 g/mol. The normalized spacial score (nSPS) is 38.0. The SMILES string of the molecule is CC[C@H]1OC(=O)[C@H](C)[C@@H](O[C@H]2C[C@@](C)(OC)[C@@H](O)[C@H](C)O2)[C@H](C)[C@@H](O[C@@H]2O[C@H](C)C[C@H](N(C)CCc3cn([C@H](CF)Cc4ccc(-c5cnccc5OC)cc4)nn3)[C@H]2O)[C@](C)(O)C[C@@H](C)CN(C)[C@H](C)[C@@H](O)[C@]1(C)O. The Morgan fingerprint density at radius 1 is 0.961 bits per heavy atom. The van der Waals surface area contributed by atoms with Crippen molar-refractivity contribution in [2.45, 2.75) is 204 Å². The van der Waals surface area contributed by atoms with Gasteiger partial charge in [-0.2, -0.15) is 0 Å². The van der Waals surface area contributed by atoms with E-state index in [0.717, 1.165) is 16.7 Å². The number of likely N-dealkylation sites (N-methyl/N-ethyl adjacent to an activating group) is 2. The maximum atomic E-state index is 14.6. The second-order valence-electron chi connectivity index (χ2n) is 22.9. The quantitative estimate of drug-likeness (QED) is 0.120. The largest absolute Gasteiger partial charge is 0.496 e. The molecule has 3 saturated heterocycles. The molecule has 2 aromatic heterocycles. The Morgan fingerprint density at radius 3 is 2.30 bits per heavy atom. The highest BCUT2D eigenvalue weighted by Crippen LogP contribution is 2.41. The molecule has 5 N–H and O–H groups in total. The minimum Gasteiger partial charge on any atom is -0.496 e. The topological polar surface area (TPSA) is 233 Å². The molecule has 3 fully saturated rings. The van der Waals surface area contributed by atoms with Crippen LogP contribution in [-0.2, 0) is 46.1 Å². The maximum absolute atomic E-state index is 14.6. The predicted molar refractivity (Wildman–Crippen MR) is 282 cm³/mol. The number of hydrogen-bond acceptors (Lipinski definition) is 18. The number of carbonyl (C=O) groups is 1. The van der Waals surface area contributed by atoms with Crippen LogP contribution in [0.15, 0.2) is 48.9 Å². The third-order valence-corrected chi connectivity index (χ3v) is 16.7. The number of pyridine rings is 1. The van der Waals surface area contributed by atoms with Crippen molar-refractivity contribution in [1.29, 1.82) is 0 Å². The summed E-state index contributed by atoms with van der Waals surface area (Å²) in [7, 11) is 6.84. The molecule has 5 heterocycles. The Kier molecular flexibility index (Phi) is 21.0. The van der Waals surface area contributed by atoms with Gasteiger partial charge >= 0.3 is 5.97 Å². The second-order valence-corrected chi connectivity index (χ2v) is 22.9. The summed E-state index contributed by atoms with van der Waals surface area (Å²) in [5, 5.41) is 68.6. The molecule has 0 saturated carbocycles. The summed E-state index contributed by atoms with van der Waals surface area (Å²) in [6, 6.07) is 8.01. The zero-order chi connectivity index (χ0) is 56.0. The summed E-state index contributed by atoms with van der Waals surface area (Å²) in [4.78, 5) is 22.7. The molecule has 6 rings (SSSR count). The van der Waals surface area contributed by atoms with Crippen molar-refractivity contribution in [2.75, 3.05) is 48.1 Å². The molecule has 0 aliphatic carbocycles. The van der Waals surface area contributed by atoms with Gasteiger partial charge < -0.3 is 68.5 Å². The van der Waals surface area contributed by atoms with Crippen molar-refractivity contribution in [3.05, 3.63) is 60.2 Å². The fraction of sp³-hybridized carbons (Fsp3) is 0.750. The van der Waals surface area contributed by atoms with E-state index < -0.39 is 121 Å². The molecule has 0 amide bonds. The molecule has 0 unspecified atom stereocenters. The summed E-state index contributed by atoms with van der Waals surface area (Å²) in [5.41, 5.74) is -1.21. The molecule has 3 aliphatic heterocycles. The predicted octanol–water partition coefficient (Wildman–Crippen LogP) is 4.93. The molecule has 0 bridgehead atoms. The van der Waals surface area contributed by atoms with Crippen molar-refractivity contribution < 1.29 is 67.9 Å². The molecule has 1 aromatic carbocycles. The van der Waals surface area contributed by atoms with Crippen LogP contribution in [0.4, 0.5) is 4.39 Å². The number of methoxy groups -OCH3 is 2. The van der Waals surface area contributed by atoms with Gasteiger partial charge in [0.1, 0.15) is 42.4 Å². The zero-order valence-electron chi connectivity index (χ0n) is 47.3. The molecule has 3 aliphatic rings. The summed E-state index contributed by atoms with van der Waals surface area (Å²) < 4.78 is 60.1. The van der Waals surface area contributed by atoms with E-state index in [1.165, 1.54) is 14.0 Å². The average Bonchev–Trinajstić information content (AvgIpc) is 3.87. The van der Waals surface area contributed by atoms with Crippen LogP contribution in [0, 0.1) is 17.8 Å². The first-order valence-electron chi connectivity index (χ1n) is 27.1. The standard InChI is InChI=1S/C56H89FN6O13/c1-15-45-56(10,69)49(65)36(6)62(12)30-32(2)26-54(8,68)51(34(4)48(35(5)52(67)74-45)75-46-27-55(9,71-14)50(66)37(7)73-46)76-53-47(64)43(24-33(3)72-53)61(11)23-21-40-31-63(60-59-40)41(28-57)25-38-16-18-39(19-17-38)42-29-58-22-20-44(42)70-13/h16-20,22,29,31-37,41,43,45-51,53,64-66,68-69H,15,21,23-28,30H2,1-14H3/t32-,33-,34+,35-,36-,37+,41+,43+,45-,46+,47-,48+,49-,50+,51-,53+,54-,55-,56-/m1/s1. The van der Waals surface area contributed by atoms with Crippen LogP contribution < -0.4 is 4.74 Å². The maximum Gasteiger partial charge on any atom is 0.311 e. The highest BCUT2D eigenvalue weighted by Gasteiger charge is 2.53. The van der Waals surface area contributed by atoms with Gasteiger partial charge in [0.25, 0.3) is 0 Å². The third kappa shape index (κ3) is 14.2. The van der Waals surface area contributed by atoms with E-state index in [2.05, 4.69) is 15.3 Å². The summed E-state index contributed by atoms with van der Waals surface area (Å²) in [6.45, 7) is 17.7. The number of ether oxygens (including phenoxy) is 7. The number of aromatic nitrogens is 4. The van der Waals surface area contributed by atoms with Gasteiger partial charge in [0, 0.05) is 75.2 Å². The number of aliphatic hydroxyl groups is 5. The zero-order valence-corrected chi connectivity index (χ0v) is 47.3. The Labute approximate surface area is 449 Å². The van der Waals surface area contributed by atoms with Crippen molar-refractivity contribution in [3.63, 3.8) is 0 Å². The monoisotopic (exact) mass is 1070 g/mol. The van der Waals surface area contributed by atoms with Gasteiger partial charge in [-0.25, -0.2) is 9.07 Å². The Morgan fingerprint density at radius 2 is 1.66 bits per heavy atom. The Balaban J connectivity index is 1.23. The molecule has 0 radical (unpaired) electrons. The van der Waals surface area contributed by atoms with Gasteiger partial charge in [0.05, 0.1) is 60.4 Å². The van der Waals surface area contributed by atoms with E-state index in [9.17, 15) is 34.7 Å². The van der Waals surface area contributed by atoms with Crippen LogP contribution in [0.5, 0.6) is 5.75 Å². The highest BCUT2D eigenvalue weighted by molar-refractivity contribution is 5.73. The van der Waals surface area contributed by atoms with Gasteiger partial charge in [-0.15, -0.1) is 5.10 Å². The summed E-state index contributed by atoms with van der Waals surface area (Å²) in [6.07, 6.45) is -3.37. The van der Waals surface area contributed by atoms with E-state index in [4.69, 9.17) is 33.2 Å². The molecular formula is C56H89FN6O13. The minimum absolute atomic E-state index is 0.0866. The molecule has 19 nitrogen and oxygen atoms in total. The number of halogens is 1. The van der Waals surface area contributed by atoms with E-state index in [-0.39, 0.29) is 25.2 Å². The van der Waals surface area contributed by atoms with Gasteiger partial charge in [-0.3, -0.25) is 9.78 Å². The van der Waals surface area contributed by atoms with Crippen molar-refractivity contribution in [3.8, 4) is 16.9 Å². The number of rotatable bonds is 16. The van der Waals surface area contributed by atoms with Gasteiger partial charge in [0.15, 0.2) is 12.6 Å². The van der Waals surface area contributed by atoms with Crippen LogP contribution >= 0.6 is 0 Å². The summed E-state index contributed by atoms with van der Waals surface area (Å²) >= 11 is 0. The van der Waals surface area contributed by atoms with Crippen LogP contribution in [0.25, 0.3) is 11.1 Å². The van der Waals surface area contributed by atoms with E-state index >= 15 is 0 Å². The van der Waals surface area contributed by atoms with Crippen LogP contribution in [0.2, 0.25) is 0 Å². The lowest BCUT2D eigenvalue weighted by atomic mass is 9.77.